The van der Waals surface area contributed by atoms with Crippen LogP contribution in [0.1, 0.15) is 33.4 Å². The Morgan fingerprint density at radius 3 is 0.869 bits per heavy atom. The van der Waals surface area contributed by atoms with E-state index < -0.39 is 140 Å². The molecule has 18 rings (SSSR count). The molecular weight excluding hydrogens is 2220 g/mol. The van der Waals surface area contributed by atoms with E-state index in [1.807, 2.05) is 36.6 Å². The zero-order valence-electron chi connectivity index (χ0n) is 70.1. The van der Waals surface area contributed by atoms with E-state index >= 15 is 0 Å². The van der Waals surface area contributed by atoms with Gasteiger partial charge in [-0.05, 0) is 156 Å². The quantitative estimate of drug-likeness (QED) is 0.0168. The third-order valence-corrected chi connectivity index (χ3v) is 22.2. The van der Waals surface area contributed by atoms with Gasteiger partial charge < -0.3 is 14.2 Å². The second kappa shape index (κ2) is 45.8. The zero-order valence-corrected chi connectivity index (χ0v) is 79.5. The van der Waals surface area contributed by atoms with Crippen LogP contribution in [0, 0.1) is 17.5 Å². The predicted octanol–water partition coefficient (Wildman–Crippen LogP) is 26.9. The fourth-order valence-corrected chi connectivity index (χ4v) is 16.2. The first-order valence-electron chi connectivity index (χ1n) is 38.6. The van der Waals surface area contributed by atoms with Gasteiger partial charge in [-0.1, -0.05) is 148 Å². The maximum atomic E-state index is 13.4. The molecule has 0 spiro atoms. The molecule has 0 saturated heterocycles. The van der Waals surface area contributed by atoms with Gasteiger partial charge in [-0.25, -0.2) is 58.0 Å². The molecule has 0 amide bonds. The molecule has 18 aromatic rings. The van der Waals surface area contributed by atoms with Crippen molar-refractivity contribution in [1.82, 2.24) is 141 Å². The number of alkyl halides is 18. The van der Waals surface area contributed by atoms with E-state index in [0.29, 0.717) is 122 Å². The molecule has 0 bridgehead atoms. The van der Waals surface area contributed by atoms with Crippen molar-refractivity contribution in [3.8, 4) is 104 Å². The van der Waals surface area contributed by atoms with E-state index in [4.69, 9.17) is 95.4 Å². The van der Waals surface area contributed by atoms with Crippen LogP contribution < -0.4 is 14.2 Å². The van der Waals surface area contributed by atoms with Crippen molar-refractivity contribution in [2.75, 3.05) is 6.26 Å². The summed E-state index contributed by atoms with van der Waals surface area (Å²) in [6.07, 6.45) is -28.7. The van der Waals surface area contributed by atoms with Gasteiger partial charge in [-0.2, -0.15) is 114 Å². The molecule has 11 heterocycles. The van der Waals surface area contributed by atoms with Gasteiger partial charge in [0.15, 0.2) is 50.4 Å². The summed E-state index contributed by atoms with van der Waals surface area (Å²) in [5, 5.41) is 42.3. The van der Waals surface area contributed by atoms with E-state index in [2.05, 4.69) is 141 Å². The Labute approximate surface area is 849 Å². The monoisotopic (exact) mass is 2260 g/mol. The minimum atomic E-state index is -5.14. The number of hydrogen-bond acceptors (Lipinski definition) is 30. The molecule has 31 nitrogen and oxygen atoms in total. The first kappa shape index (κ1) is 107. The molecule has 0 aliphatic heterocycles. The van der Waals surface area contributed by atoms with Crippen molar-refractivity contribution in [1.29, 1.82) is 0 Å². The lowest BCUT2D eigenvalue weighted by atomic mass is 10.0. The molecule has 6 N–H and O–H groups in total. The first-order valence-corrected chi connectivity index (χ1v) is 45.7. The Bertz CT molecular complexity index is 7380. The zero-order chi connectivity index (χ0) is 104. The van der Waals surface area contributed by atoms with E-state index in [1.165, 1.54) is 95.6 Å². The fraction of sp³-hybridized carbons (Fsp3) is 0.0864. The predicted molar refractivity (Wildman–Crippen MR) is 481 cm³/mol. The van der Waals surface area contributed by atoms with Crippen LogP contribution in [-0.2, 0) is 37.1 Å². The van der Waals surface area contributed by atoms with E-state index in [-0.39, 0.29) is 62.3 Å². The summed E-state index contributed by atoms with van der Waals surface area (Å²) in [6, 6.07) is 34.5. The van der Waals surface area contributed by atoms with E-state index in [9.17, 15) is 92.2 Å². The van der Waals surface area contributed by atoms with Crippen molar-refractivity contribution in [3.63, 3.8) is 0 Å². The maximum Gasteiger partial charge on any atom is 0.416 e. The van der Waals surface area contributed by atoms with Crippen molar-refractivity contribution in [2.45, 2.75) is 82.9 Å². The number of hydrogen-bond donors (Lipinski definition) is 6. The number of nitrogens with zero attached hydrogens (tertiary/aromatic N) is 22. The maximum absolute atomic E-state index is 13.4. The van der Waals surface area contributed by atoms with Gasteiger partial charge >= 0.3 is 67.1 Å². The molecule has 0 saturated carbocycles. The van der Waals surface area contributed by atoms with E-state index in [1.54, 1.807) is 48.5 Å². The third kappa shape index (κ3) is 30.8. The summed E-state index contributed by atoms with van der Waals surface area (Å²) in [6.45, 7) is 0. The number of aromatic amines is 6. The van der Waals surface area contributed by atoms with Gasteiger partial charge in [-0.15, -0.1) is 30.6 Å². The molecule has 0 unspecified atom stereocenters. The number of nitrogens with one attached hydrogen (secondary N) is 6. The molecule has 0 aliphatic carbocycles. The molecule has 0 atom stereocenters. The van der Waals surface area contributed by atoms with Crippen LogP contribution in [0.15, 0.2) is 234 Å². The van der Waals surface area contributed by atoms with Gasteiger partial charge in [0.2, 0.25) is 21.3 Å². The molecule has 0 radical (unpaired) electrons. The van der Waals surface area contributed by atoms with Gasteiger partial charge in [-0.3, -0.25) is 30.6 Å². The third-order valence-electron chi connectivity index (χ3n) is 17.2. The summed E-state index contributed by atoms with van der Waals surface area (Å²) in [5.74, 6) is -1.62. The Hall–Kier alpha value is -13.5. The smallest absolute Gasteiger partial charge is 0.404 e. The van der Waals surface area contributed by atoms with Gasteiger partial charge in [0.25, 0.3) is 0 Å². The fourth-order valence-electron chi connectivity index (χ4n) is 11.1. The Balaban J connectivity index is 0.000000149. The average molecular weight is 2260 g/mol. The molecule has 7 aromatic carbocycles. The standard InChI is InChI=1S/C24H9ClF12N8O2.C18H11ClFN5S2.C14H5Cl2F6N5O.C13H9ClFN5S2.C12H6Cl2FN5S/c25-14-7-15(46-19-40-16(42-44-19)8-1-10(21(26,27)28)5-11(2-8)22(29,30)31)39-18(38-14)47-20-41-17(43-45-20)9-3-12(23(32,33)34)6-13(4-9)24(35,36)37;19-14-10-15(22-17(21-14)26-13-7-2-1-3-8-13)27-18-23-16(24-25-18)11-5-4-6-12(20)9-11;15-8-4-9(16)24-11(23-8)28-12-25-10(26-27-12)5-1-6(13(17,18)19)3-7(2-5)14(20,21)22;1-21-12-16-9(14)6-10(17-12)22-13-18-11(19-20-13)7-3-2-4-8(15)5-7;13-8-5-9(14)17-11(16-8)21-12-18-10(19-20-12)6-2-1-3-7(15)4-6/h1-7H,(H,40,42,44)(H,41,43,45);1-10H,(H,23,24,25);1-4H,(H,25,26,27);2-6H,1H3,(H,18,19,20);1-5H,(H,18,19,20). The lowest BCUT2D eigenvalue weighted by molar-refractivity contribution is -0.144. The SMILES string of the molecule is CSc1nc(Cl)cc(Sc2n[nH]c(-c3cccc(F)c3)n2)n1.FC(F)(F)c1cc(-c2nc(Oc3cc(Cl)nc(Oc4n[nH]c(-c5cc(C(F)(F)F)cc(C(F)(F)F)c5)n4)n3)n[nH]2)cc(C(F)(F)F)c1.FC(F)(F)c1cc(-c2nc(Oc3nc(Cl)cc(Cl)n3)n[nH]2)cc(C(F)(F)F)c1.Fc1cccc(-c2nc(Sc3cc(Cl)nc(Sc4ccccc4)n3)n[nH]2)c1.Fc1cccc(-c2nc(Sc3nc(Cl)cc(Cl)n3)n[nH]2)c1. The Kier molecular flexibility index (Phi) is 33.9. The summed E-state index contributed by atoms with van der Waals surface area (Å²) < 4.78 is 291. The highest BCUT2D eigenvalue weighted by Gasteiger charge is 2.41. The average Bonchev–Trinajstić information content (AvgIpc) is 1.46. The van der Waals surface area contributed by atoms with Crippen LogP contribution in [0.4, 0.5) is 92.2 Å². The topological polar surface area (TPSA) is 406 Å². The lowest BCUT2D eigenvalue weighted by Crippen LogP contribution is -2.11. The molecular formula is C81H40Cl7F21N28O3S5. The number of ether oxygens (including phenoxy) is 3. The second-order valence-electron chi connectivity index (χ2n) is 27.5. The largest absolute Gasteiger partial charge is 0.416 e. The summed E-state index contributed by atoms with van der Waals surface area (Å²) in [4.78, 5) is 64.9. The van der Waals surface area contributed by atoms with Crippen LogP contribution in [0.25, 0.3) is 68.3 Å². The normalized spacial score (nSPS) is 11.8. The Morgan fingerprint density at radius 1 is 0.234 bits per heavy atom. The minimum absolute atomic E-state index is 0.000906. The molecule has 11 aromatic heterocycles. The summed E-state index contributed by atoms with van der Waals surface area (Å²) in [5.41, 5.74) is -9.44. The van der Waals surface area contributed by atoms with Gasteiger partial charge in [0.05, 0.1) is 33.4 Å². The minimum Gasteiger partial charge on any atom is -0.404 e. The number of benzene rings is 7. The highest BCUT2D eigenvalue weighted by Crippen LogP contribution is 2.44. The van der Waals surface area contributed by atoms with Crippen LogP contribution in [0.3, 0.4) is 0 Å². The second-order valence-corrected chi connectivity index (χ2v) is 34.9. The summed E-state index contributed by atoms with van der Waals surface area (Å²) in [7, 11) is 0. The van der Waals surface area contributed by atoms with Crippen LogP contribution in [0.2, 0.25) is 36.1 Å². The first-order chi connectivity index (χ1) is 68.4. The molecule has 0 fully saturated rings. The molecule has 64 heteroatoms. The van der Waals surface area contributed by atoms with E-state index in [0.717, 1.165) is 22.7 Å². The van der Waals surface area contributed by atoms with Crippen LogP contribution >= 0.6 is 140 Å². The van der Waals surface area contributed by atoms with Crippen LogP contribution in [-0.4, -0.2) is 147 Å². The highest BCUT2D eigenvalue weighted by atomic mass is 35.5. The van der Waals surface area contributed by atoms with Crippen molar-refractivity contribution >= 4 is 140 Å². The lowest BCUT2D eigenvalue weighted by Gasteiger charge is -2.13. The number of rotatable bonds is 21. The number of thioether (sulfide) groups is 1. The van der Waals surface area contributed by atoms with Crippen molar-refractivity contribution < 1.29 is 106 Å². The summed E-state index contributed by atoms with van der Waals surface area (Å²) >= 11 is 47.3. The Morgan fingerprint density at radius 2 is 0.524 bits per heavy atom. The highest BCUT2D eigenvalue weighted by molar-refractivity contribution is 8.00. The van der Waals surface area contributed by atoms with Crippen LogP contribution in [0.5, 0.6) is 35.9 Å². The molecule has 748 valence electrons. The number of aromatic nitrogens is 28. The number of halogens is 28. The van der Waals surface area contributed by atoms with Crippen molar-refractivity contribution in [2.24, 2.45) is 0 Å². The number of H-pyrrole nitrogens is 6. The van der Waals surface area contributed by atoms with Gasteiger partial charge in [0.1, 0.15) is 63.6 Å². The van der Waals surface area contributed by atoms with Crippen molar-refractivity contribution in [3.05, 3.63) is 275 Å². The molecule has 0 aliphatic rings. The molecule has 145 heavy (non-hydrogen) atoms. The van der Waals surface area contributed by atoms with Gasteiger partial charge in [0, 0.05) is 68.6 Å².